The summed E-state index contributed by atoms with van der Waals surface area (Å²) in [6, 6.07) is 10.4. The second-order valence-corrected chi connectivity index (χ2v) is 5.69. The summed E-state index contributed by atoms with van der Waals surface area (Å²) in [7, 11) is 0. The van der Waals surface area contributed by atoms with E-state index in [0.29, 0.717) is 12.0 Å². The largest absolute Gasteiger partial charge is 0.307 e. The van der Waals surface area contributed by atoms with E-state index in [1.807, 2.05) is 41.3 Å². The number of carbonyl (C=O) groups excluding carboxylic acids is 1. The first-order valence-corrected chi connectivity index (χ1v) is 7.33. The van der Waals surface area contributed by atoms with Crippen LogP contribution in [0.5, 0.6) is 0 Å². The third kappa shape index (κ3) is 2.09. The molecule has 19 heavy (non-hydrogen) atoms. The molecule has 1 heterocycles. The van der Waals surface area contributed by atoms with E-state index in [0.717, 1.165) is 5.69 Å². The number of hydrogen-bond acceptors (Lipinski definition) is 1. The molecule has 0 spiro atoms. The maximum absolute atomic E-state index is 12.3. The van der Waals surface area contributed by atoms with E-state index in [1.165, 1.54) is 32.1 Å². The fourth-order valence-corrected chi connectivity index (χ4v) is 3.64. The standard InChI is InChI=1S/C17H21NO/c1-2-15-16(13-9-5-3-6-10-13)18(17(15)19)14-11-7-4-8-12-14/h2,4,7-8,11-13,15-16H,1,3,5-6,9-10H2/t15-,16-/m1/s1. The number of benzene rings is 1. The van der Waals surface area contributed by atoms with Crippen molar-refractivity contribution in [1.82, 2.24) is 0 Å². The highest BCUT2D eigenvalue weighted by molar-refractivity contribution is 6.04. The van der Waals surface area contributed by atoms with Crippen LogP contribution >= 0.6 is 0 Å². The van der Waals surface area contributed by atoms with Crippen LogP contribution < -0.4 is 4.90 Å². The SMILES string of the molecule is C=C[C@H]1C(=O)N(c2ccccc2)[C@@H]1C1CCCCC1. The molecular weight excluding hydrogens is 234 g/mol. The topological polar surface area (TPSA) is 20.3 Å². The van der Waals surface area contributed by atoms with Crippen LogP contribution in [0.1, 0.15) is 32.1 Å². The van der Waals surface area contributed by atoms with Crippen LogP contribution in [0.3, 0.4) is 0 Å². The van der Waals surface area contributed by atoms with Gasteiger partial charge in [0.25, 0.3) is 0 Å². The maximum atomic E-state index is 12.3. The fraction of sp³-hybridized carbons (Fsp3) is 0.471. The van der Waals surface area contributed by atoms with Crippen LogP contribution in [0.2, 0.25) is 0 Å². The predicted molar refractivity (Wildman–Crippen MR) is 78.0 cm³/mol. The van der Waals surface area contributed by atoms with Crippen molar-refractivity contribution in [2.24, 2.45) is 11.8 Å². The van der Waals surface area contributed by atoms with Crippen molar-refractivity contribution in [1.29, 1.82) is 0 Å². The van der Waals surface area contributed by atoms with Gasteiger partial charge in [-0.3, -0.25) is 4.79 Å². The molecule has 3 rings (SSSR count). The second kappa shape index (κ2) is 5.20. The number of amides is 1. The zero-order valence-electron chi connectivity index (χ0n) is 11.3. The van der Waals surface area contributed by atoms with Gasteiger partial charge in [0.1, 0.15) is 0 Å². The van der Waals surface area contributed by atoms with Gasteiger partial charge in [-0.05, 0) is 30.9 Å². The molecule has 0 unspecified atom stereocenters. The molecule has 1 aliphatic carbocycles. The van der Waals surface area contributed by atoms with Crippen molar-refractivity contribution in [3.8, 4) is 0 Å². The van der Waals surface area contributed by atoms with E-state index in [4.69, 9.17) is 0 Å². The van der Waals surface area contributed by atoms with Crippen LogP contribution in [0, 0.1) is 11.8 Å². The Hall–Kier alpha value is -1.57. The second-order valence-electron chi connectivity index (χ2n) is 5.69. The Labute approximate surface area is 115 Å². The Morgan fingerprint density at radius 1 is 1.11 bits per heavy atom. The molecule has 2 heteroatoms. The third-order valence-corrected chi connectivity index (χ3v) is 4.61. The van der Waals surface area contributed by atoms with Crippen LogP contribution in [0.25, 0.3) is 0 Å². The van der Waals surface area contributed by atoms with Gasteiger partial charge in [-0.1, -0.05) is 43.5 Å². The van der Waals surface area contributed by atoms with E-state index < -0.39 is 0 Å². The minimum absolute atomic E-state index is 0.0308. The highest BCUT2D eigenvalue weighted by Crippen LogP contribution is 2.42. The molecular formula is C17H21NO. The lowest BCUT2D eigenvalue weighted by molar-refractivity contribution is -0.129. The van der Waals surface area contributed by atoms with Crippen LogP contribution in [0.4, 0.5) is 5.69 Å². The quantitative estimate of drug-likeness (QED) is 0.594. The normalized spacial score (nSPS) is 28.0. The molecule has 1 amide bonds. The molecule has 0 radical (unpaired) electrons. The predicted octanol–water partition coefficient (Wildman–Crippen LogP) is 3.78. The minimum atomic E-state index is 0.0308. The molecule has 1 saturated carbocycles. The highest BCUT2D eigenvalue weighted by Gasteiger charge is 2.49. The molecule has 1 aliphatic heterocycles. The number of para-hydroxylation sites is 1. The molecule has 0 aromatic heterocycles. The van der Waals surface area contributed by atoms with Gasteiger partial charge in [0.05, 0.1) is 12.0 Å². The summed E-state index contributed by atoms with van der Waals surface area (Å²) in [5.41, 5.74) is 1.04. The number of hydrogen-bond donors (Lipinski definition) is 0. The van der Waals surface area contributed by atoms with Crippen molar-refractivity contribution < 1.29 is 4.79 Å². The molecule has 0 N–H and O–H groups in total. The zero-order valence-corrected chi connectivity index (χ0v) is 11.3. The van der Waals surface area contributed by atoms with E-state index in [2.05, 4.69) is 6.58 Å². The first kappa shape index (κ1) is 12.5. The van der Waals surface area contributed by atoms with Crippen molar-refractivity contribution in [3.05, 3.63) is 43.0 Å². The number of nitrogens with zero attached hydrogens (tertiary/aromatic N) is 1. The zero-order chi connectivity index (χ0) is 13.2. The van der Waals surface area contributed by atoms with Gasteiger partial charge in [-0.2, -0.15) is 0 Å². The third-order valence-electron chi connectivity index (χ3n) is 4.61. The molecule has 2 atom stereocenters. The summed E-state index contributed by atoms with van der Waals surface area (Å²) in [5, 5.41) is 0. The van der Waals surface area contributed by atoms with Crippen LogP contribution in [-0.2, 0) is 4.79 Å². The van der Waals surface area contributed by atoms with E-state index in [1.54, 1.807) is 0 Å². The summed E-state index contributed by atoms with van der Waals surface area (Å²) >= 11 is 0. The summed E-state index contributed by atoms with van der Waals surface area (Å²) in [6.45, 7) is 3.86. The van der Waals surface area contributed by atoms with Crippen molar-refractivity contribution in [3.63, 3.8) is 0 Å². The van der Waals surface area contributed by atoms with Crippen molar-refractivity contribution in [2.75, 3.05) is 4.90 Å². The average molecular weight is 255 g/mol. The van der Waals surface area contributed by atoms with Gasteiger partial charge in [0, 0.05) is 5.69 Å². The summed E-state index contributed by atoms with van der Waals surface area (Å²) in [4.78, 5) is 14.3. The maximum Gasteiger partial charge on any atom is 0.236 e. The van der Waals surface area contributed by atoms with Gasteiger partial charge < -0.3 is 4.90 Å². The molecule has 0 bridgehead atoms. The van der Waals surface area contributed by atoms with Gasteiger partial charge >= 0.3 is 0 Å². The first-order chi connectivity index (χ1) is 9.33. The number of β-lactam (4-membered cyclic amide) rings is 1. The van der Waals surface area contributed by atoms with Crippen LogP contribution in [0.15, 0.2) is 43.0 Å². The molecule has 100 valence electrons. The van der Waals surface area contributed by atoms with Crippen molar-refractivity contribution in [2.45, 2.75) is 38.1 Å². The molecule has 2 aliphatic rings. The number of carbonyl (C=O) groups is 1. The Kier molecular flexibility index (Phi) is 3.41. The van der Waals surface area contributed by atoms with Crippen LogP contribution in [-0.4, -0.2) is 11.9 Å². The Balaban J connectivity index is 1.85. The van der Waals surface area contributed by atoms with Gasteiger partial charge in [0.2, 0.25) is 5.91 Å². The van der Waals surface area contributed by atoms with E-state index in [9.17, 15) is 4.79 Å². The lowest BCUT2D eigenvalue weighted by Crippen LogP contribution is -2.63. The summed E-state index contributed by atoms with van der Waals surface area (Å²) in [5.74, 6) is 0.898. The molecule has 2 nitrogen and oxygen atoms in total. The average Bonchev–Trinajstić information content (AvgIpc) is 2.47. The minimum Gasteiger partial charge on any atom is -0.307 e. The van der Waals surface area contributed by atoms with Gasteiger partial charge in [0.15, 0.2) is 0 Å². The lowest BCUT2D eigenvalue weighted by atomic mass is 9.72. The Morgan fingerprint density at radius 2 is 1.79 bits per heavy atom. The smallest absolute Gasteiger partial charge is 0.236 e. The van der Waals surface area contributed by atoms with Gasteiger partial charge in [-0.15, -0.1) is 6.58 Å². The van der Waals surface area contributed by atoms with E-state index in [-0.39, 0.29) is 11.8 Å². The highest BCUT2D eigenvalue weighted by atomic mass is 16.2. The Bertz CT molecular complexity index is 461. The molecule has 1 aromatic rings. The molecule has 1 saturated heterocycles. The first-order valence-electron chi connectivity index (χ1n) is 7.33. The number of rotatable bonds is 3. The van der Waals surface area contributed by atoms with E-state index >= 15 is 0 Å². The molecule has 1 aromatic carbocycles. The fourth-order valence-electron chi connectivity index (χ4n) is 3.64. The number of anilines is 1. The van der Waals surface area contributed by atoms with Crippen molar-refractivity contribution >= 4 is 11.6 Å². The summed E-state index contributed by atoms with van der Waals surface area (Å²) < 4.78 is 0. The Morgan fingerprint density at radius 3 is 2.42 bits per heavy atom. The van der Waals surface area contributed by atoms with Gasteiger partial charge in [-0.25, -0.2) is 0 Å². The summed E-state index contributed by atoms with van der Waals surface area (Å²) in [6.07, 6.45) is 8.32. The lowest BCUT2D eigenvalue weighted by Gasteiger charge is -2.50. The molecule has 2 fully saturated rings. The monoisotopic (exact) mass is 255 g/mol.